The smallest absolute Gasteiger partial charge is 0.255 e. The van der Waals surface area contributed by atoms with E-state index in [1.54, 1.807) is 36.4 Å². The van der Waals surface area contributed by atoms with Gasteiger partial charge in [0.2, 0.25) is 0 Å². The Labute approximate surface area is 121 Å². The first-order chi connectivity index (χ1) is 9.75. The van der Waals surface area contributed by atoms with E-state index in [-0.39, 0.29) is 5.91 Å². The summed E-state index contributed by atoms with van der Waals surface area (Å²) in [5.41, 5.74) is 7.58. The van der Waals surface area contributed by atoms with Gasteiger partial charge in [0.05, 0.1) is 0 Å². The maximum Gasteiger partial charge on any atom is 0.255 e. The van der Waals surface area contributed by atoms with Crippen LogP contribution in [0.5, 0.6) is 0 Å². The van der Waals surface area contributed by atoms with Crippen LogP contribution in [0.3, 0.4) is 0 Å². The summed E-state index contributed by atoms with van der Waals surface area (Å²) in [5, 5.41) is 2.78. The summed E-state index contributed by atoms with van der Waals surface area (Å²) in [7, 11) is 0. The Balaban J connectivity index is 0.000000829. The van der Waals surface area contributed by atoms with Crippen molar-refractivity contribution in [1.82, 2.24) is 0 Å². The Hall–Kier alpha value is -2.29. The summed E-state index contributed by atoms with van der Waals surface area (Å²) < 4.78 is 0. The molecule has 0 aromatic heterocycles. The molecule has 3 nitrogen and oxygen atoms in total. The summed E-state index contributed by atoms with van der Waals surface area (Å²) in [6.45, 7) is 8.00. The predicted molar refractivity (Wildman–Crippen MR) is 87.9 cm³/mol. The average molecular weight is 272 g/mol. The van der Waals surface area contributed by atoms with E-state index in [1.165, 1.54) is 0 Å². The molecule has 0 fully saturated rings. The number of amides is 1. The van der Waals surface area contributed by atoms with Crippen LogP contribution in [-0.4, -0.2) is 5.91 Å². The van der Waals surface area contributed by atoms with E-state index in [0.717, 1.165) is 0 Å². The van der Waals surface area contributed by atoms with Gasteiger partial charge in [0.25, 0.3) is 5.91 Å². The fourth-order valence-corrected chi connectivity index (χ4v) is 1.41. The Bertz CT molecular complexity index is 495. The Morgan fingerprint density at radius 1 is 0.900 bits per heavy atom. The molecule has 0 unspecified atom stereocenters. The zero-order chi connectivity index (χ0) is 15.4. The van der Waals surface area contributed by atoms with Crippen LogP contribution >= 0.6 is 0 Å². The minimum atomic E-state index is -0.133. The van der Waals surface area contributed by atoms with E-state index >= 15 is 0 Å². The van der Waals surface area contributed by atoms with Crippen molar-refractivity contribution in [3.05, 3.63) is 60.2 Å². The Morgan fingerprint density at radius 3 is 2.05 bits per heavy atom. The van der Waals surface area contributed by atoms with Gasteiger partial charge in [-0.1, -0.05) is 52.0 Å². The van der Waals surface area contributed by atoms with Crippen LogP contribution < -0.4 is 11.1 Å². The topological polar surface area (TPSA) is 55.1 Å². The van der Waals surface area contributed by atoms with E-state index in [4.69, 9.17) is 5.73 Å². The summed E-state index contributed by atoms with van der Waals surface area (Å²) in [6, 6.07) is 16.2. The highest BCUT2D eigenvalue weighted by Crippen LogP contribution is 2.13. The lowest BCUT2D eigenvalue weighted by atomic mass is 10.2. The third kappa shape index (κ3) is 6.05. The van der Waals surface area contributed by atoms with Crippen LogP contribution in [0.4, 0.5) is 11.4 Å². The SMILES string of the molecule is CC.CC.Nc1cccc(NC(=O)c2ccccc2)c1. The van der Waals surface area contributed by atoms with Crippen LogP contribution in [0.15, 0.2) is 54.6 Å². The molecule has 0 radical (unpaired) electrons. The Kier molecular flexibility index (Phi) is 9.40. The first-order valence-corrected chi connectivity index (χ1v) is 6.97. The number of nitrogens with one attached hydrogen (secondary N) is 1. The average Bonchev–Trinajstić information content (AvgIpc) is 2.52. The number of nitrogen functional groups attached to an aromatic ring is 1. The fraction of sp³-hybridized carbons (Fsp3) is 0.235. The molecule has 2 aromatic carbocycles. The number of hydrogen-bond acceptors (Lipinski definition) is 2. The fourth-order valence-electron chi connectivity index (χ4n) is 1.41. The molecule has 3 heteroatoms. The number of benzene rings is 2. The maximum absolute atomic E-state index is 11.8. The van der Waals surface area contributed by atoms with Gasteiger partial charge in [0.1, 0.15) is 0 Å². The number of carbonyl (C=O) groups excluding carboxylic acids is 1. The third-order valence-corrected chi connectivity index (χ3v) is 2.18. The van der Waals surface area contributed by atoms with Crippen LogP contribution in [0, 0.1) is 0 Å². The van der Waals surface area contributed by atoms with Crippen molar-refractivity contribution in [2.45, 2.75) is 27.7 Å². The van der Waals surface area contributed by atoms with Crippen molar-refractivity contribution in [1.29, 1.82) is 0 Å². The van der Waals surface area contributed by atoms with Gasteiger partial charge < -0.3 is 11.1 Å². The molecule has 0 spiro atoms. The maximum atomic E-state index is 11.8. The monoisotopic (exact) mass is 272 g/mol. The van der Waals surface area contributed by atoms with Gasteiger partial charge in [0, 0.05) is 16.9 Å². The van der Waals surface area contributed by atoms with Crippen LogP contribution in [0.1, 0.15) is 38.1 Å². The van der Waals surface area contributed by atoms with Crippen molar-refractivity contribution in [2.75, 3.05) is 11.1 Å². The van der Waals surface area contributed by atoms with E-state index in [2.05, 4.69) is 5.32 Å². The number of hydrogen-bond donors (Lipinski definition) is 2. The van der Waals surface area contributed by atoms with Crippen molar-refractivity contribution < 1.29 is 4.79 Å². The summed E-state index contributed by atoms with van der Waals surface area (Å²) in [6.07, 6.45) is 0. The van der Waals surface area contributed by atoms with Crippen molar-refractivity contribution >= 4 is 17.3 Å². The normalized spacial score (nSPS) is 8.40. The number of nitrogens with two attached hydrogens (primary N) is 1. The second-order valence-corrected chi connectivity index (χ2v) is 3.45. The highest BCUT2D eigenvalue weighted by Gasteiger charge is 2.04. The van der Waals surface area contributed by atoms with E-state index in [9.17, 15) is 4.79 Å². The molecule has 0 saturated carbocycles. The molecule has 0 atom stereocenters. The molecule has 0 aliphatic heterocycles. The number of rotatable bonds is 2. The zero-order valence-corrected chi connectivity index (χ0v) is 12.7. The highest BCUT2D eigenvalue weighted by atomic mass is 16.1. The summed E-state index contributed by atoms with van der Waals surface area (Å²) in [5.74, 6) is -0.133. The molecule has 3 N–H and O–H groups in total. The van der Waals surface area contributed by atoms with Crippen LogP contribution in [-0.2, 0) is 0 Å². The standard InChI is InChI=1S/C13H12N2O.2C2H6/c14-11-7-4-8-12(9-11)15-13(16)10-5-2-1-3-6-10;2*1-2/h1-9H,14H2,(H,15,16);2*1-2H3. The van der Waals surface area contributed by atoms with Gasteiger partial charge in [-0.05, 0) is 30.3 Å². The first kappa shape index (κ1) is 17.7. The van der Waals surface area contributed by atoms with Crippen molar-refractivity contribution in [2.24, 2.45) is 0 Å². The molecule has 108 valence electrons. The molecule has 0 aliphatic carbocycles. The van der Waals surface area contributed by atoms with E-state index < -0.39 is 0 Å². The molecule has 1 amide bonds. The second-order valence-electron chi connectivity index (χ2n) is 3.45. The zero-order valence-electron chi connectivity index (χ0n) is 12.7. The number of anilines is 2. The van der Waals surface area contributed by atoms with E-state index in [0.29, 0.717) is 16.9 Å². The van der Waals surface area contributed by atoms with Crippen molar-refractivity contribution in [3.8, 4) is 0 Å². The molecule has 0 bridgehead atoms. The van der Waals surface area contributed by atoms with Gasteiger partial charge in [-0.15, -0.1) is 0 Å². The van der Waals surface area contributed by atoms with Crippen LogP contribution in [0.25, 0.3) is 0 Å². The lowest BCUT2D eigenvalue weighted by molar-refractivity contribution is 0.102. The van der Waals surface area contributed by atoms with Gasteiger partial charge in [-0.25, -0.2) is 0 Å². The summed E-state index contributed by atoms with van der Waals surface area (Å²) >= 11 is 0. The van der Waals surface area contributed by atoms with Gasteiger partial charge in [-0.2, -0.15) is 0 Å². The molecule has 0 saturated heterocycles. The molecule has 0 heterocycles. The Morgan fingerprint density at radius 2 is 1.50 bits per heavy atom. The first-order valence-electron chi connectivity index (χ1n) is 6.97. The lowest BCUT2D eigenvalue weighted by Gasteiger charge is -2.05. The van der Waals surface area contributed by atoms with Crippen molar-refractivity contribution in [3.63, 3.8) is 0 Å². The third-order valence-electron chi connectivity index (χ3n) is 2.18. The predicted octanol–water partition coefficient (Wildman–Crippen LogP) is 4.57. The quantitative estimate of drug-likeness (QED) is 0.786. The van der Waals surface area contributed by atoms with Gasteiger partial charge >= 0.3 is 0 Å². The van der Waals surface area contributed by atoms with Gasteiger partial charge in [-0.3, -0.25) is 4.79 Å². The second kappa shape index (κ2) is 10.6. The minimum Gasteiger partial charge on any atom is -0.399 e. The molecular weight excluding hydrogens is 248 g/mol. The van der Waals surface area contributed by atoms with Gasteiger partial charge in [0.15, 0.2) is 0 Å². The molecule has 20 heavy (non-hydrogen) atoms. The minimum absolute atomic E-state index is 0.133. The molecule has 2 aromatic rings. The van der Waals surface area contributed by atoms with E-state index in [1.807, 2.05) is 45.9 Å². The molecule has 0 aliphatic rings. The van der Waals surface area contributed by atoms with Crippen LogP contribution in [0.2, 0.25) is 0 Å². The largest absolute Gasteiger partial charge is 0.399 e. The lowest BCUT2D eigenvalue weighted by Crippen LogP contribution is -2.11. The molecular formula is C17H24N2O. The molecule has 2 rings (SSSR count). The summed E-state index contributed by atoms with van der Waals surface area (Å²) in [4.78, 5) is 11.8. The highest BCUT2D eigenvalue weighted by molar-refractivity contribution is 6.04. The number of carbonyl (C=O) groups is 1.